The minimum absolute atomic E-state index is 0.156. The van der Waals surface area contributed by atoms with Gasteiger partial charge in [0.15, 0.2) is 0 Å². The van der Waals surface area contributed by atoms with Crippen LogP contribution in [0.1, 0.15) is 43.8 Å². The van der Waals surface area contributed by atoms with Crippen LogP contribution in [0.15, 0.2) is 24.8 Å². The van der Waals surface area contributed by atoms with Crippen LogP contribution in [0.3, 0.4) is 0 Å². The highest BCUT2D eigenvalue weighted by Crippen LogP contribution is 2.26. The lowest BCUT2D eigenvalue weighted by molar-refractivity contribution is -0.138. The second-order valence-corrected chi connectivity index (χ2v) is 5.60. The Kier molecular flexibility index (Phi) is 4.33. The number of imidazole rings is 2. The lowest BCUT2D eigenvalue weighted by Gasteiger charge is -2.28. The molecule has 2 aromatic rings. The van der Waals surface area contributed by atoms with Gasteiger partial charge in [0.05, 0.1) is 13.1 Å². The number of nitrogens with one attached hydrogen (secondary N) is 2. The van der Waals surface area contributed by atoms with Crippen molar-refractivity contribution >= 4 is 5.91 Å². The first kappa shape index (κ1) is 13.9. The summed E-state index contributed by atoms with van der Waals surface area (Å²) in [4.78, 5) is 29.3. The molecule has 6 nitrogen and oxygen atoms in total. The highest BCUT2D eigenvalue weighted by molar-refractivity contribution is 5.78. The van der Waals surface area contributed by atoms with Gasteiger partial charge in [-0.3, -0.25) is 4.79 Å². The van der Waals surface area contributed by atoms with Crippen LogP contribution >= 0.6 is 0 Å². The van der Waals surface area contributed by atoms with Crippen molar-refractivity contribution in [3.63, 3.8) is 0 Å². The molecule has 21 heavy (non-hydrogen) atoms. The van der Waals surface area contributed by atoms with E-state index in [1.54, 1.807) is 24.8 Å². The number of carbonyl (C=O) groups is 1. The minimum atomic E-state index is 0.156. The quantitative estimate of drug-likeness (QED) is 0.885. The number of H-pyrrole nitrogens is 2. The Balaban J connectivity index is 1.72. The van der Waals surface area contributed by atoms with Gasteiger partial charge in [0.25, 0.3) is 0 Å². The molecule has 2 heterocycles. The second kappa shape index (κ2) is 6.56. The maximum absolute atomic E-state index is 12.8. The van der Waals surface area contributed by atoms with Crippen LogP contribution < -0.4 is 0 Å². The summed E-state index contributed by atoms with van der Waals surface area (Å²) in [6.07, 6.45) is 12.6. The minimum Gasteiger partial charge on any atom is -0.347 e. The van der Waals surface area contributed by atoms with Crippen molar-refractivity contribution in [3.8, 4) is 0 Å². The molecular formula is C15H21N5O. The molecule has 0 spiro atoms. The standard InChI is InChI=1S/C15H21N5O/c21-15(12-4-2-1-3-5-12)20(10-13-16-6-7-17-13)11-14-18-8-9-19-14/h6-9,12H,1-5,10-11H2,(H,16,17)(H,18,19). The van der Waals surface area contributed by atoms with Crippen molar-refractivity contribution in [2.24, 2.45) is 5.92 Å². The number of aromatic amines is 2. The SMILES string of the molecule is O=C(C1CCCCC1)N(Cc1ncc[nH]1)Cc1ncc[nH]1. The molecule has 0 aromatic carbocycles. The van der Waals surface area contributed by atoms with Crippen molar-refractivity contribution in [1.82, 2.24) is 24.8 Å². The zero-order chi connectivity index (χ0) is 14.5. The predicted octanol–water partition coefficient (Wildman–Crippen LogP) is 2.24. The van der Waals surface area contributed by atoms with Crippen molar-refractivity contribution in [1.29, 1.82) is 0 Å². The smallest absolute Gasteiger partial charge is 0.226 e. The van der Waals surface area contributed by atoms with Crippen LogP contribution in [0.5, 0.6) is 0 Å². The maximum Gasteiger partial charge on any atom is 0.226 e. The Labute approximate surface area is 124 Å². The number of hydrogen-bond acceptors (Lipinski definition) is 3. The molecule has 2 aromatic heterocycles. The summed E-state index contributed by atoms with van der Waals surface area (Å²) in [5.74, 6) is 2.00. The number of nitrogens with zero attached hydrogens (tertiary/aromatic N) is 3. The summed E-state index contributed by atoms with van der Waals surface area (Å²) in [5.41, 5.74) is 0. The molecular weight excluding hydrogens is 266 g/mol. The average Bonchev–Trinajstić information content (AvgIpc) is 3.20. The van der Waals surface area contributed by atoms with Crippen LogP contribution in [-0.4, -0.2) is 30.7 Å². The molecule has 2 N–H and O–H groups in total. The fourth-order valence-electron chi connectivity index (χ4n) is 2.95. The topological polar surface area (TPSA) is 77.7 Å². The van der Waals surface area contributed by atoms with E-state index in [0.717, 1.165) is 37.3 Å². The molecule has 6 heteroatoms. The van der Waals surface area contributed by atoms with E-state index in [2.05, 4.69) is 19.9 Å². The summed E-state index contributed by atoms with van der Waals surface area (Å²) in [5, 5.41) is 0. The molecule has 0 aliphatic heterocycles. The van der Waals surface area contributed by atoms with E-state index in [9.17, 15) is 4.79 Å². The zero-order valence-corrected chi connectivity index (χ0v) is 12.1. The van der Waals surface area contributed by atoms with Gasteiger partial charge in [-0.05, 0) is 12.8 Å². The zero-order valence-electron chi connectivity index (χ0n) is 12.1. The summed E-state index contributed by atoms with van der Waals surface area (Å²) in [7, 11) is 0. The summed E-state index contributed by atoms with van der Waals surface area (Å²) < 4.78 is 0. The van der Waals surface area contributed by atoms with Crippen molar-refractivity contribution < 1.29 is 4.79 Å². The van der Waals surface area contributed by atoms with Gasteiger partial charge in [0.2, 0.25) is 5.91 Å². The first-order valence-electron chi connectivity index (χ1n) is 7.58. The third-order valence-corrected chi connectivity index (χ3v) is 4.06. The number of hydrogen-bond donors (Lipinski definition) is 2. The number of carbonyl (C=O) groups excluding carboxylic acids is 1. The first-order valence-corrected chi connectivity index (χ1v) is 7.58. The van der Waals surface area contributed by atoms with E-state index in [1.807, 2.05) is 4.90 Å². The van der Waals surface area contributed by atoms with E-state index in [1.165, 1.54) is 6.42 Å². The van der Waals surface area contributed by atoms with Crippen molar-refractivity contribution in [2.45, 2.75) is 45.2 Å². The Morgan fingerprint density at radius 3 is 2.10 bits per heavy atom. The summed E-state index contributed by atoms with van der Waals surface area (Å²) >= 11 is 0. The molecule has 0 saturated heterocycles. The van der Waals surface area contributed by atoms with Crippen LogP contribution in [0.2, 0.25) is 0 Å². The van der Waals surface area contributed by atoms with E-state index >= 15 is 0 Å². The van der Waals surface area contributed by atoms with Crippen LogP contribution in [0.25, 0.3) is 0 Å². The van der Waals surface area contributed by atoms with Gasteiger partial charge >= 0.3 is 0 Å². The molecule has 0 unspecified atom stereocenters. The van der Waals surface area contributed by atoms with Crippen molar-refractivity contribution in [2.75, 3.05) is 0 Å². The molecule has 1 aliphatic rings. The summed E-state index contributed by atoms with van der Waals surface area (Å²) in [6, 6.07) is 0. The predicted molar refractivity (Wildman–Crippen MR) is 78.0 cm³/mol. The van der Waals surface area contributed by atoms with Crippen molar-refractivity contribution in [3.05, 3.63) is 36.4 Å². The monoisotopic (exact) mass is 287 g/mol. The Morgan fingerprint density at radius 1 is 1.05 bits per heavy atom. The Bertz CT molecular complexity index is 506. The van der Waals surface area contributed by atoms with E-state index < -0.39 is 0 Å². The molecule has 0 bridgehead atoms. The van der Waals surface area contributed by atoms with Gasteiger partial charge in [-0.1, -0.05) is 19.3 Å². The second-order valence-electron chi connectivity index (χ2n) is 5.60. The van der Waals surface area contributed by atoms with Gasteiger partial charge in [-0.2, -0.15) is 0 Å². The van der Waals surface area contributed by atoms with Gasteiger partial charge in [0.1, 0.15) is 11.6 Å². The molecule has 0 radical (unpaired) electrons. The normalized spacial score (nSPS) is 16.0. The molecule has 3 rings (SSSR count). The first-order chi connectivity index (χ1) is 10.3. The third-order valence-electron chi connectivity index (χ3n) is 4.06. The highest BCUT2D eigenvalue weighted by atomic mass is 16.2. The summed E-state index contributed by atoms with van der Waals surface area (Å²) in [6.45, 7) is 1.01. The molecule has 1 aliphatic carbocycles. The lowest BCUT2D eigenvalue weighted by atomic mass is 9.88. The highest BCUT2D eigenvalue weighted by Gasteiger charge is 2.27. The maximum atomic E-state index is 12.8. The average molecular weight is 287 g/mol. The Hall–Kier alpha value is -2.11. The number of aromatic nitrogens is 4. The van der Waals surface area contributed by atoms with E-state index in [-0.39, 0.29) is 11.8 Å². The fraction of sp³-hybridized carbons (Fsp3) is 0.533. The molecule has 1 amide bonds. The van der Waals surface area contributed by atoms with E-state index in [0.29, 0.717) is 13.1 Å². The number of amides is 1. The van der Waals surface area contributed by atoms with E-state index in [4.69, 9.17) is 0 Å². The lowest BCUT2D eigenvalue weighted by Crippen LogP contribution is -2.36. The Morgan fingerprint density at radius 2 is 1.62 bits per heavy atom. The van der Waals surface area contributed by atoms with Crippen LogP contribution in [0, 0.1) is 5.92 Å². The number of rotatable bonds is 5. The van der Waals surface area contributed by atoms with Gasteiger partial charge in [0, 0.05) is 30.7 Å². The van der Waals surface area contributed by atoms with Crippen LogP contribution in [0.4, 0.5) is 0 Å². The fourth-order valence-corrected chi connectivity index (χ4v) is 2.95. The molecule has 0 atom stereocenters. The molecule has 1 saturated carbocycles. The van der Waals surface area contributed by atoms with Gasteiger partial charge < -0.3 is 14.9 Å². The van der Waals surface area contributed by atoms with Crippen LogP contribution in [-0.2, 0) is 17.9 Å². The largest absolute Gasteiger partial charge is 0.347 e. The van der Waals surface area contributed by atoms with Gasteiger partial charge in [-0.25, -0.2) is 9.97 Å². The molecule has 1 fully saturated rings. The van der Waals surface area contributed by atoms with Gasteiger partial charge in [-0.15, -0.1) is 0 Å². The third kappa shape index (κ3) is 3.51. The molecule has 112 valence electrons.